The monoisotopic (exact) mass is 333 g/mol. The molecule has 0 atom stereocenters. The molecule has 0 aliphatic rings. The van der Waals surface area contributed by atoms with Crippen LogP contribution < -0.4 is 10.8 Å². The minimum atomic E-state index is -0.655. The van der Waals surface area contributed by atoms with Gasteiger partial charge in [0, 0.05) is 17.1 Å². The molecule has 0 spiro atoms. The molecule has 2 aromatic carbocycles. The smallest absolute Gasteiger partial charge is 0.274 e. The van der Waals surface area contributed by atoms with Gasteiger partial charge in [-0.3, -0.25) is 14.8 Å². The van der Waals surface area contributed by atoms with E-state index in [1.54, 1.807) is 30.3 Å². The van der Waals surface area contributed by atoms with Crippen molar-refractivity contribution >= 4 is 34.5 Å². The third-order valence-corrected chi connectivity index (χ3v) is 3.56. The van der Waals surface area contributed by atoms with Crippen LogP contribution in [0.25, 0.3) is 17.0 Å². The lowest BCUT2D eigenvalue weighted by Crippen LogP contribution is -2.15. The molecule has 3 rings (SSSR count). The highest BCUT2D eigenvalue weighted by molar-refractivity contribution is 6.05. The molecule has 0 aliphatic carbocycles. The number of carbonyl (C=O) groups is 2. The van der Waals surface area contributed by atoms with Gasteiger partial charge >= 0.3 is 0 Å². The first-order valence-electron chi connectivity index (χ1n) is 7.56. The summed E-state index contributed by atoms with van der Waals surface area (Å²) in [7, 11) is 0. The number of carbonyl (C=O) groups excluding carboxylic acids is 2. The highest BCUT2D eigenvalue weighted by Gasteiger charge is 2.10. The second-order valence-corrected chi connectivity index (χ2v) is 5.24. The maximum atomic E-state index is 12.5. The lowest BCUT2D eigenvalue weighted by Gasteiger charge is -2.08. The number of benzene rings is 2. The third-order valence-electron chi connectivity index (χ3n) is 3.56. The first-order chi connectivity index (χ1) is 12.2. The molecule has 0 radical (unpaired) electrons. The van der Waals surface area contributed by atoms with Crippen LogP contribution in [0.15, 0.2) is 66.7 Å². The molecular weight excluding hydrogens is 318 g/mol. The Labute approximate surface area is 143 Å². The van der Waals surface area contributed by atoms with Crippen molar-refractivity contribution in [3.63, 3.8) is 0 Å². The number of amides is 2. The maximum Gasteiger partial charge on any atom is 0.274 e. The summed E-state index contributed by atoms with van der Waals surface area (Å²) in [5.74, 6) is -1.00. The fourth-order valence-electron chi connectivity index (χ4n) is 2.34. The van der Waals surface area contributed by atoms with Gasteiger partial charge in [-0.15, -0.1) is 0 Å². The molecule has 6 heteroatoms. The number of hydrogen-bond acceptors (Lipinski definition) is 4. The molecule has 3 aromatic rings. The molecule has 0 saturated heterocycles. The Balaban J connectivity index is 1.85. The van der Waals surface area contributed by atoms with Gasteiger partial charge in [-0.1, -0.05) is 42.5 Å². The second kappa shape index (κ2) is 7.37. The van der Waals surface area contributed by atoms with Crippen LogP contribution in [0.2, 0.25) is 0 Å². The molecule has 2 amide bonds. The van der Waals surface area contributed by atoms with Gasteiger partial charge in [0.2, 0.25) is 0 Å². The topological polar surface area (TPSA) is 91.3 Å². The number of fused-ring (bicyclic) bond motifs is 1. The van der Waals surface area contributed by atoms with E-state index in [9.17, 15) is 9.59 Å². The highest BCUT2D eigenvalue weighted by atomic mass is 16.5. The number of anilines is 1. The van der Waals surface area contributed by atoms with Crippen LogP contribution in [-0.2, 0) is 4.79 Å². The number of nitrogens with zero attached hydrogens (tertiary/aromatic N) is 1. The average Bonchev–Trinajstić information content (AvgIpc) is 2.66. The van der Waals surface area contributed by atoms with Gasteiger partial charge in [0.15, 0.2) is 0 Å². The van der Waals surface area contributed by atoms with E-state index in [2.05, 4.69) is 10.3 Å². The molecule has 25 heavy (non-hydrogen) atoms. The van der Waals surface area contributed by atoms with Crippen molar-refractivity contribution in [2.24, 2.45) is 0 Å². The molecule has 0 unspecified atom stereocenters. The summed E-state index contributed by atoms with van der Waals surface area (Å²) >= 11 is 0. The molecule has 6 nitrogen and oxygen atoms in total. The van der Waals surface area contributed by atoms with E-state index in [0.29, 0.717) is 16.9 Å². The van der Waals surface area contributed by atoms with Crippen molar-refractivity contribution in [3.8, 4) is 0 Å². The van der Waals surface area contributed by atoms with E-state index in [0.717, 1.165) is 10.9 Å². The second-order valence-electron chi connectivity index (χ2n) is 5.24. The summed E-state index contributed by atoms with van der Waals surface area (Å²) in [5.41, 5.74) is 3.71. The Hall–Kier alpha value is -3.51. The number of para-hydroxylation sites is 2. The van der Waals surface area contributed by atoms with Crippen molar-refractivity contribution in [1.29, 1.82) is 0 Å². The fraction of sp³-hybridized carbons (Fsp3) is 0. The van der Waals surface area contributed by atoms with Gasteiger partial charge in [0.1, 0.15) is 5.69 Å². The molecule has 3 N–H and O–H groups in total. The molecule has 0 bridgehead atoms. The first kappa shape index (κ1) is 16.4. The average molecular weight is 333 g/mol. The van der Waals surface area contributed by atoms with E-state index in [1.807, 2.05) is 30.3 Å². The molecule has 1 heterocycles. The van der Waals surface area contributed by atoms with Crippen LogP contribution in [0.5, 0.6) is 0 Å². The zero-order chi connectivity index (χ0) is 17.6. The molecular formula is C19H15N3O3. The van der Waals surface area contributed by atoms with Crippen LogP contribution in [-0.4, -0.2) is 22.0 Å². The number of nitrogens with one attached hydrogen (secondary N) is 2. The summed E-state index contributed by atoms with van der Waals surface area (Å²) < 4.78 is 0. The number of aromatic nitrogens is 1. The number of hydrogen-bond donors (Lipinski definition) is 3. The van der Waals surface area contributed by atoms with E-state index < -0.39 is 5.91 Å². The molecule has 0 aliphatic heterocycles. The summed E-state index contributed by atoms with van der Waals surface area (Å²) in [6.45, 7) is 0. The third kappa shape index (κ3) is 3.88. The van der Waals surface area contributed by atoms with Crippen molar-refractivity contribution in [3.05, 3.63) is 78.0 Å². The predicted molar refractivity (Wildman–Crippen MR) is 95.1 cm³/mol. The van der Waals surface area contributed by atoms with Crippen molar-refractivity contribution < 1.29 is 14.8 Å². The predicted octanol–water partition coefficient (Wildman–Crippen LogP) is 3.01. The van der Waals surface area contributed by atoms with Crippen LogP contribution >= 0.6 is 0 Å². The lowest BCUT2D eigenvalue weighted by molar-refractivity contribution is -0.124. The van der Waals surface area contributed by atoms with E-state index in [1.165, 1.54) is 17.6 Å². The first-order valence-corrected chi connectivity index (χ1v) is 7.56. The van der Waals surface area contributed by atoms with Crippen molar-refractivity contribution in [2.45, 2.75) is 0 Å². The van der Waals surface area contributed by atoms with Gasteiger partial charge in [0.25, 0.3) is 11.8 Å². The van der Waals surface area contributed by atoms with Crippen molar-refractivity contribution in [1.82, 2.24) is 10.5 Å². The maximum absolute atomic E-state index is 12.5. The van der Waals surface area contributed by atoms with E-state index in [-0.39, 0.29) is 5.91 Å². The summed E-state index contributed by atoms with van der Waals surface area (Å²) in [5, 5.41) is 12.3. The van der Waals surface area contributed by atoms with E-state index in [4.69, 9.17) is 5.21 Å². The van der Waals surface area contributed by atoms with Gasteiger partial charge in [-0.25, -0.2) is 10.5 Å². The SMILES string of the molecule is O=C(C=Cc1ccccc1NC(=O)c1ccc2ccccc2n1)NO. The highest BCUT2D eigenvalue weighted by Crippen LogP contribution is 2.18. The number of rotatable bonds is 4. The lowest BCUT2D eigenvalue weighted by atomic mass is 10.1. The molecule has 124 valence electrons. The zero-order valence-electron chi connectivity index (χ0n) is 13.1. The Morgan fingerprint density at radius 3 is 2.56 bits per heavy atom. The molecule has 0 fully saturated rings. The quantitative estimate of drug-likeness (QED) is 0.389. The van der Waals surface area contributed by atoms with Crippen LogP contribution in [0.4, 0.5) is 5.69 Å². The zero-order valence-corrected chi connectivity index (χ0v) is 13.1. The molecule has 1 aromatic heterocycles. The summed E-state index contributed by atoms with van der Waals surface area (Å²) in [4.78, 5) is 28.0. The fourth-order valence-corrected chi connectivity index (χ4v) is 2.34. The van der Waals surface area contributed by atoms with Gasteiger partial charge in [-0.2, -0.15) is 0 Å². The Morgan fingerprint density at radius 1 is 0.960 bits per heavy atom. The number of hydroxylamine groups is 1. The van der Waals surface area contributed by atoms with Gasteiger partial charge in [-0.05, 0) is 29.8 Å². The Morgan fingerprint density at radius 2 is 1.72 bits per heavy atom. The Bertz CT molecular complexity index is 967. The summed E-state index contributed by atoms with van der Waals surface area (Å²) in [6.07, 6.45) is 2.66. The van der Waals surface area contributed by atoms with Crippen molar-refractivity contribution in [2.75, 3.05) is 5.32 Å². The van der Waals surface area contributed by atoms with Crippen LogP contribution in [0, 0.1) is 0 Å². The standard InChI is InChI=1S/C19H15N3O3/c23-18(22-25)12-10-14-6-2-4-8-16(14)21-19(24)17-11-9-13-5-1-3-7-15(13)20-17/h1-12,25H,(H,21,24)(H,22,23). The van der Waals surface area contributed by atoms with Crippen LogP contribution in [0.1, 0.15) is 16.1 Å². The minimum absolute atomic E-state index is 0.297. The number of pyridine rings is 1. The summed E-state index contributed by atoms with van der Waals surface area (Å²) in [6, 6.07) is 18.1. The largest absolute Gasteiger partial charge is 0.320 e. The van der Waals surface area contributed by atoms with E-state index >= 15 is 0 Å². The molecule has 0 saturated carbocycles. The minimum Gasteiger partial charge on any atom is -0.320 e. The van der Waals surface area contributed by atoms with Gasteiger partial charge in [0.05, 0.1) is 5.52 Å². The normalized spacial score (nSPS) is 10.8. The van der Waals surface area contributed by atoms with Gasteiger partial charge < -0.3 is 5.32 Å². The van der Waals surface area contributed by atoms with Crippen LogP contribution in [0.3, 0.4) is 0 Å². The Kier molecular flexibility index (Phi) is 4.82.